The molecular formula is C38H62O3. The summed E-state index contributed by atoms with van der Waals surface area (Å²) in [5, 5.41) is 0. The molecule has 5 unspecified atom stereocenters. The molecular weight excluding hydrogens is 504 g/mol. The molecule has 5 fully saturated rings. The van der Waals surface area contributed by atoms with Gasteiger partial charge in [-0.05, 0) is 129 Å². The first kappa shape index (κ1) is 31.3. The van der Waals surface area contributed by atoms with Crippen LogP contribution in [0, 0.1) is 62.1 Å². The number of ether oxygens (including phenoxy) is 1. The van der Waals surface area contributed by atoms with E-state index in [1.54, 1.807) is 0 Å². The first-order valence-corrected chi connectivity index (χ1v) is 17.3. The van der Waals surface area contributed by atoms with Crippen LogP contribution in [0.15, 0.2) is 12.2 Å². The number of esters is 1. The van der Waals surface area contributed by atoms with Crippen molar-refractivity contribution in [3.05, 3.63) is 12.2 Å². The largest absolute Gasteiger partial charge is 0.462 e. The van der Waals surface area contributed by atoms with Crippen LogP contribution in [0.2, 0.25) is 0 Å². The number of hydrogen-bond donors (Lipinski definition) is 0. The van der Waals surface area contributed by atoms with Crippen molar-refractivity contribution in [3.63, 3.8) is 0 Å². The molecule has 0 aromatic carbocycles. The van der Waals surface area contributed by atoms with Crippen LogP contribution >= 0.6 is 0 Å². The standard InChI is InChI=1S/C38H62O3/c1-11-17-38-20-14-26(25(2)3)32(38)27-12-13-29-35(8)18-16-30(41-31(40)23-33(4,5)24-39)34(6,7)28(35)15-19-37(29,10)36(27,9)21-22-38/h24,26-30,32H,2,11-23H2,1,3-10H3/t26-,27?,28-,29+,30?,32+,35?,36+,37?,38?/m0/s1. The number of hydrogen-bond acceptors (Lipinski definition) is 3. The second-order valence-corrected chi connectivity index (χ2v) is 17.9. The van der Waals surface area contributed by atoms with Gasteiger partial charge >= 0.3 is 5.97 Å². The van der Waals surface area contributed by atoms with E-state index in [0.717, 1.165) is 36.9 Å². The van der Waals surface area contributed by atoms with E-state index in [1.165, 1.54) is 69.8 Å². The van der Waals surface area contributed by atoms with Gasteiger partial charge in [0.15, 0.2) is 0 Å². The number of carbonyl (C=O) groups excluding carboxylic acids is 2. The zero-order chi connectivity index (χ0) is 30.2. The maximum atomic E-state index is 12.9. The van der Waals surface area contributed by atoms with Crippen molar-refractivity contribution in [2.75, 3.05) is 0 Å². The second-order valence-electron chi connectivity index (χ2n) is 17.9. The molecule has 0 radical (unpaired) electrons. The Hall–Kier alpha value is -1.12. The van der Waals surface area contributed by atoms with Gasteiger partial charge < -0.3 is 9.53 Å². The third-order valence-electron chi connectivity index (χ3n) is 15.1. The zero-order valence-corrected chi connectivity index (χ0v) is 28.2. The molecule has 10 atom stereocenters. The van der Waals surface area contributed by atoms with Crippen molar-refractivity contribution in [3.8, 4) is 0 Å². The molecule has 0 aromatic heterocycles. The minimum absolute atomic E-state index is 0.0631. The average molecular weight is 567 g/mol. The molecule has 5 saturated carbocycles. The lowest BCUT2D eigenvalue weighted by Crippen LogP contribution is -2.66. The molecule has 3 heteroatoms. The third kappa shape index (κ3) is 4.54. The van der Waals surface area contributed by atoms with Gasteiger partial charge in [-0.15, -0.1) is 0 Å². The van der Waals surface area contributed by atoms with Crippen LogP contribution in [0.4, 0.5) is 0 Å². The van der Waals surface area contributed by atoms with Gasteiger partial charge in [0.1, 0.15) is 12.4 Å². The lowest BCUT2D eigenvalue weighted by atomic mass is 9.32. The lowest BCUT2D eigenvalue weighted by molar-refractivity contribution is -0.250. The highest BCUT2D eigenvalue weighted by atomic mass is 16.5. The van der Waals surface area contributed by atoms with Gasteiger partial charge in [0.25, 0.3) is 0 Å². The Morgan fingerprint density at radius 1 is 0.902 bits per heavy atom. The molecule has 232 valence electrons. The van der Waals surface area contributed by atoms with Gasteiger partial charge in [-0.2, -0.15) is 0 Å². The van der Waals surface area contributed by atoms with Gasteiger partial charge in [0, 0.05) is 10.8 Å². The number of allylic oxidation sites excluding steroid dienone is 1. The molecule has 0 amide bonds. The quantitative estimate of drug-likeness (QED) is 0.175. The minimum Gasteiger partial charge on any atom is -0.462 e. The van der Waals surface area contributed by atoms with Crippen molar-refractivity contribution in [2.45, 2.75) is 152 Å². The van der Waals surface area contributed by atoms with Crippen LogP contribution in [0.25, 0.3) is 0 Å². The Balaban J connectivity index is 1.42. The van der Waals surface area contributed by atoms with E-state index in [1.807, 2.05) is 13.8 Å². The second kappa shape index (κ2) is 10.2. The molecule has 5 aliphatic carbocycles. The van der Waals surface area contributed by atoms with Crippen molar-refractivity contribution >= 4 is 12.3 Å². The van der Waals surface area contributed by atoms with Crippen LogP contribution in [0.3, 0.4) is 0 Å². The summed E-state index contributed by atoms with van der Waals surface area (Å²) in [4.78, 5) is 24.4. The summed E-state index contributed by atoms with van der Waals surface area (Å²) in [6, 6.07) is 0. The van der Waals surface area contributed by atoms with E-state index in [-0.39, 0.29) is 29.3 Å². The summed E-state index contributed by atoms with van der Waals surface area (Å²) in [6.07, 6.45) is 16.7. The fourth-order valence-corrected chi connectivity index (χ4v) is 13.0. The molecule has 0 heterocycles. The highest BCUT2D eigenvalue weighted by molar-refractivity contribution is 5.75. The number of aldehydes is 1. The molecule has 41 heavy (non-hydrogen) atoms. The van der Waals surface area contributed by atoms with E-state index < -0.39 is 5.41 Å². The fourth-order valence-electron chi connectivity index (χ4n) is 13.0. The van der Waals surface area contributed by atoms with Crippen LogP contribution < -0.4 is 0 Å². The maximum Gasteiger partial charge on any atom is 0.307 e. The van der Waals surface area contributed by atoms with E-state index in [4.69, 9.17) is 4.74 Å². The predicted molar refractivity (Wildman–Crippen MR) is 168 cm³/mol. The highest BCUT2D eigenvalue weighted by Gasteiger charge is 2.70. The summed E-state index contributed by atoms with van der Waals surface area (Å²) < 4.78 is 6.21. The Morgan fingerprint density at radius 2 is 1.61 bits per heavy atom. The van der Waals surface area contributed by atoms with Crippen molar-refractivity contribution in [1.29, 1.82) is 0 Å². The fraction of sp³-hybridized carbons (Fsp3) is 0.895. The summed E-state index contributed by atoms with van der Waals surface area (Å²) in [5.41, 5.74) is 2.29. The summed E-state index contributed by atoms with van der Waals surface area (Å²) in [6.45, 7) is 25.8. The molecule has 5 rings (SSSR count). The van der Waals surface area contributed by atoms with Crippen LogP contribution in [0.1, 0.15) is 146 Å². The minimum atomic E-state index is -0.664. The Morgan fingerprint density at radius 3 is 2.24 bits per heavy atom. The molecule has 0 aromatic rings. The van der Waals surface area contributed by atoms with E-state index in [0.29, 0.717) is 28.1 Å². The van der Waals surface area contributed by atoms with E-state index in [2.05, 4.69) is 55.0 Å². The Bertz CT molecular complexity index is 1060. The monoisotopic (exact) mass is 566 g/mol. The average Bonchev–Trinajstić information content (AvgIpc) is 3.26. The molecule has 0 aliphatic heterocycles. The molecule has 0 bridgehead atoms. The maximum absolute atomic E-state index is 12.9. The summed E-state index contributed by atoms with van der Waals surface area (Å²) in [7, 11) is 0. The van der Waals surface area contributed by atoms with Gasteiger partial charge in [-0.25, -0.2) is 0 Å². The highest BCUT2D eigenvalue weighted by Crippen LogP contribution is 2.78. The van der Waals surface area contributed by atoms with Gasteiger partial charge in [-0.3, -0.25) is 4.79 Å². The predicted octanol–water partition coefficient (Wildman–Crippen LogP) is 9.97. The number of carbonyl (C=O) groups is 2. The van der Waals surface area contributed by atoms with E-state index in [9.17, 15) is 9.59 Å². The number of rotatable bonds is 7. The molecule has 5 aliphatic rings. The smallest absolute Gasteiger partial charge is 0.307 e. The third-order valence-corrected chi connectivity index (χ3v) is 15.1. The topological polar surface area (TPSA) is 43.4 Å². The van der Waals surface area contributed by atoms with Crippen LogP contribution in [-0.2, 0) is 14.3 Å². The first-order chi connectivity index (χ1) is 19.0. The number of fused-ring (bicyclic) bond motifs is 7. The first-order valence-electron chi connectivity index (χ1n) is 17.3. The Labute approximate surface area is 252 Å². The zero-order valence-electron chi connectivity index (χ0n) is 28.2. The van der Waals surface area contributed by atoms with Crippen molar-refractivity contribution < 1.29 is 14.3 Å². The van der Waals surface area contributed by atoms with E-state index >= 15 is 0 Å². The summed E-state index contributed by atoms with van der Waals surface area (Å²) in [5.74, 6) is 3.42. The van der Waals surface area contributed by atoms with Crippen molar-refractivity contribution in [2.24, 2.45) is 62.1 Å². The van der Waals surface area contributed by atoms with Crippen molar-refractivity contribution in [1.82, 2.24) is 0 Å². The van der Waals surface area contributed by atoms with Crippen LogP contribution in [0.5, 0.6) is 0 Å². The SMILES string of the molecule is C=C(C)[C@@H]1CCC2(CCC)CC[C@]3(C)C(CC[C@@H]4C5(C)CCC(OC(=O)CC(C)(C)C=O)C(C)(C)[C@@H]5CCC43C)[C@@H]12. The normalized spacial score (nSPS) is 46.9. The molecule has 0 saturated heterocycles. The van der Waals surface area contributed by atoms with Crippen LogP contribution in [-0.4, -0.2) is 18.4 Å². The van der Waals surface area contributed by atoms with Gasteiger partial charge in [0.2, 0.25) is 0 Å². The van der Waals surface area contributed by atoms with Gasteiger partial charge in [-0.1, -0.05) is 74.0 Å². The molecule has 0 N–H and O–H groups in total. The van der Waals surface area contributed by atoms with Gasteiger partial charge in [0.05, 0.1) is 6.42 Å². The Kier molecular flexibility index (Phi) is 7.81. The molecule has 3 nitrogen and oxygen atoms in total. The molecule has 0 spiro atoms. The lowest BCUT2D eigenvalue weighted by Gasteiger charge is -2.73. The summed E-state index contributed by atoms with van der Waals surface area (Å²) >= 11 is 0.